The minimum atomic E-state index is -1.90. The Morgan fingerprint density at radius 2 is 1.19 bits per heavy atom. The lowest BCUT2D eigenvalue weighted by molar-refractivity contribution is -0.271. The van der Waals surface area contributed by atoms with Crippen LogP contribution in [0.25, 0.3) is 20.5 Å². The van der Waals surface area contributed by atoms with Crippen molar-refractivity contribution in [2.45, 2.75) is 80.7 Å². The minimum absolute atomic E-state index is 0.101. The minimum Gasteiger partial charge on any atom is -0.492 e. The van der Waals surface area contributed by atoms with Gasteiger partial charge in [-0.2, -0.15) is 0 Å². The summed E-state index contributed by atoms with van der Waals surface area (Å²) in [5, 5.41) is 80.9. The molecule has 0 radical (unpaired) electrons. The van der Waals surface area contributed by atoms with Crippen molar-refractivity contribution in [3.8, 4) is 27.7 Å². The van der Waals surface area contributed by atoms with Crippen molar-refractivity contribution in [1.29, 1.82) is 0 Å². The Morgan fingerprint density at radius 3 is 1.76 bits per heavy atom. The number of aliphatic hydroxyl groups is 6. The Labute approximate surface area is 334 Å². The number of ether oxygens (including phenoxy) is 5. The van der Waals surface area contributed by atoms with E-state index < -0.39 is 73.4 Å². The normalized spacial score (nSPS) is 29.1. The zero-order chi connectivity index (χ0) is 41.2. The highest BCUT2D eigenvalue weighted by Crippen LogP contribution is 2.42. The summed E-state index contributed by atoms with van der Waals surface area (Å²) in [4.78, 5) is 40.4. The molecular weight excluding hydrogens is 782 g/mol. The van der Waals surface area contributed by atoms with Gasteiger partial charge < -0.3 is 64.5 Å². The number of aliphatic carboxylic acids is 2. The summed E-state index contributed by atoms with van der Waals surface area (Å²) in [6, 6.07) is 17.7. The molecule has 10 atom stereocenters. The highest BCUT2D eigenvalue weighted by Gasteiger charge is 2.49. The number of piperidine rings is 1. The zero-order valence-electron chi connectivity index (χ0n) is 30.8. The van der Waals surface area contributed by atoms with Gasteiger partial charge in [0.05, 0.1) is 0 Å². The summed E-state index contributed by atoms with van der Waals surface area (Å²) < 4.78 is 28.5. The molecule has 4 heterocycles. The number of rotatable bonds is 13. The number of hydrogen-bond acceptors (Lipinski definition) is 16. The number of benzene rings is 3. The number of nitrogens with zero attached hydrogens (tertiary/aromatic N) is 1. The smallest absolute Gasteiger partial charge is 0.335 e. The Balaban J connectivity index is 1.16. The van der Waals surface area contributed by atoms with E-state index in [4.69, 9.17) is 23.7 Å². The van der Waals surface area contributed by atoms with E-state index in [-0.39, 0.29) is 17.3 Å². The van der Waals surface area contributed by atoms with Crippen LogP contribution in [0, 0.1) is 0 Å². The second-order valence-electron chi connectivity index (χ2n) is 14.3. The topological polar surface area (TPSA) is 262 Å². The molecule has 8 N–H and O–H groups in total. The van der Waals surface area contributed by atoms with Gasteiger partial charge in [0.2, 0.25) is 12.6 Å². The molecular formula is C40H43NO16S. The molecule has 310 valence electrons. The van der Waals surface area contributed by atoms with Crippen LogP contribution in [0.15, 0.2) is 66.7 Å². The molecule has 58 heavy (non-hydrogen) atoms. The van der Waals surface area contributed by atoms with Crippen LogP contribution in [0.5, 0.6) is 17.2 Å². The molecule has 3 saturated heterocycles. The van der Waals surface area contributed by atoms with Crippen molar-refractivity contribution in [2.24, 2.45) is 0 Å². The van der Waals surface area contributed by atoms with E-state index in [0.29, 0.717) is 44.0 Å². The zero-order valence-corrected chi connectivity index (χ0v) is 31.6. The lowest BCUT2D eigenvalue weighted by Gasteiger charge is -2.38. The van der Waals surface area contributed by atoms with Crippen LogP contribution in [-0.4, -0.2) is 151 Å². The number of fused-ring (bicyclic) bond motifs is 1. The number of carboxylic acid groups (broad SMARTS) is 2. The fourth-order valence-electron chi connectivity index (χ4n) is 7.15. The third-order valence-electron chi connectivity index (χ3n) is 10.4. The maximum Gasteiger partial charge on any atom is 0.335 e. The summed E-state index contributed by atoms with van der Waals surface area (Å²) in [6.07, 6.45) is -14.5. The van der Waals surface area contributed by atoms with Crippen LogP contribution in [0.2, 0.25) is 0 Å². The summed E-state index contributed by atoms with van der Waals surface area (Å²) in [5.41, 5.74) is 1.24. The second kappa shape index (κ2) is 17.6. The first-order valence-electron chi connectivity index (χ1n) is 18.7. The lowest BCUT2D eigenvalue weighted by atomic mass is 9.97. The van der Waals surface area contributed by atoms with Gasteiger partial charge in [0.15, 0.2) is 18.0 Å². The second-order valence-corrected chi connectivity index (χ2v) is 15.4. The first-order chi connectivity index (χ1) is 27.8. The quantitative estimate of drug-likeness (QED) is 0.0881. The van der Waals surface area contributed by atoms with Crippen molar-refractivity contribution >= 4 is 39.1 Å². The molecule has 3 fully saturated rings. The predicted molar refractivity (Wildman–Crippen MR) is 203 cm³/mol. The highest BCUT2D eigenvalue weighted by atomic mass is 32.1. The summed E-state index contributed by atoms with van der Waals surface area (Å²) in [5.74, 6) is -2.63. The van der Waals surface area contributed by atoms with Gasteiger partial charge in [0.1, 0.15) is 60.5 Å². The molecule has 17 nitrogen and oxygen atoms in total. The predicted octanol–water partition coefficient (Wildman–Crippen LogP) is 1.21. The molecule has 0 saturated carbocycles. The highest BCUT2D eigenvalue weighted by molar-refractivity contribution is 7.22. The van der Waals surface area contributed by atoms with Crippen molar-refractivity contribution < 1.29 is 78.9 Å². The molecule has 0 unspecified atom stereocenters. The summed E-state index contributed by atoms with van der Waals surface area (Å²) in [6.45, 7) is 3.40. The van der Waals surface area contributed by atoms with E-state index in [9.17, 15) is 55.2 Å². The number of ketones is 1. The molecule has 4 aromatic rings. The van der Waals surface area contributed by atoms with Gasteiger partial charge in [-0.25, -0.2) is 9.59 Å². The van der Waals surface area contributed by atoms with Crippen LogP contribution in [0.4, 0.5) is 0 Å². The van der Waals surface area contributed by atoms with Crippen LogP contribution in [-0.2, 0) is 19.1 Å². The van der Waals surface area contributed by atoms with E-state index in [1.54, 1.807) is 48.5 Å². The average molecular weight is 826 g/mol. The molecule has 0 amide bonds. The number of carboxylic acids is 2. The van der Waals surface area contributed by atoms with Gasteiger partial charge in [0.25, 0.3) is 0 Å². The molecule has 0 spiro atoms. The van der Waals surface area contributed by atoms with Crippen LogP contribution in [0.3, 0.4) is 0 Å². The van der Waals surface area contributed by atoms with Gasteiger partial charge >= 0.3 is 11.9 Å². The monoisotopic (exact) mass is 825 g/mol. The summed E-state index contributed by atoms with van der Waals surface area (Å²) in [7, 11) is 0. The molecule has 3 aromatic carbocycles. The van der Waals surface area contributed by atoms with Gasteiger partial charge in [-0.05, 0) is 98.2 Å². The van der Waals surface area contributed by atoms with Crippen molar-refractivity contribution in [3.63, 3.8) is 0 Å². The Kier molecular flexibility index (Phi) is 12.6. The largest absolute Gasteiger partial charge is 0.492 e. The molecule has 1 aromatic heterocycles. The number of carbonyl (C=O) groups is 3. The Bertz CT molecular complexity index is 2090. The lowest BCUT2D eigenvalue weighted by Crippen LogP contribution is -2.61. The first-order valence-corrected chi connectivity index (χ1v) is 19.5. The summed E-state index contributed by atoms with van der Waals surface area (Å²) >= 11 is 1.21. The fourth-order valence-corrected chi connectivity index (χ4v) is 8.39. The SMILES string of the molecule is O=C(c1ccc(OCCN2CCCCC2)cc1)c1c(-c2ccc(O[C@H]3O[C@H](C(=O)O)[C@H](O)[C@@H](O)[C@H]3O)cc2)sc2cc(O[C@@H]3O[C@H](C(=O)O)[C@@H](O)[C@H](O)[C@@H]3O)ccc12. The number of carbonyl (C=O) groups excluding carboxylic acids is 1. The number of thiophene rings is 1. The van der Waals surface area contributed by atoms with Gasteiger partial charge in [-0.15, -0.1) is 11.3 Å². The van der Waals surface area contributed by atoms with E-state index in [2.05, 4.69) is 4.90 Å². The molecule has 18 heteroatoms. The average Bonchev–Trinajstić information content (AvgIpc) is 3.60. The molecule has 0 aliphatic carbocycles. The van der Waals surface area contributed by atoms with Gasteiger partial charge in [-0.1, -0.05) is 6.42 Å². The maximum atomic E-state index is 14.4. The third-order valence-corrected chi connectivity index (χ3v) is 11.6. The van der Waals surface area contributed by atoms with Crippen LogP contribution < -0.4 is 14.2 Å². The van der Waals surface area contributed by atoms with E-state index in [1.807, 2.05) is 0 Å². The third kappa shape index (κ3) is 8.67. The van der Waals surface area contributed by atoms with E-state index >= 15 is 0 Å². The van der Waals surface area contributed by atoms with Crippen LogP contribution >= 0.6 is 11.3 Å². The molecule has 7 rings (SSSR count). The standard InChI is InChI=1S/C40H43NO16S/c42-27(19-4-8-21(9-5-19)53-17-16-41-14-2-1-3-15-41)26-24-13-12-23(55-40-33(48)29(44)31(46)35(57-40)38(51)52)18-25(24)58-36(26)20-6-10-22(11-7-20)54-39-32(47)28(43)30(45)34(56-39)37(49)50/h4-13,18,28-35,39-40,43-48H,1-3,14-17H2,(H,49,50)(H,51,52)/t28-,29+,30-,31+,32-,33+,34+,35+,39+,40-/m1/s1. The first kappa shape index (κ1) is 41.4. The van der Waals surface area contributed by atoms with Gasteiger partial charge in [-0.3, -0.25) is 9.69 Å². The van der Waals surface area contributed by atoms with E-state index in [1.165, 1.54) is 48.8 Å². The maximum absolute atomic E-state index is 14.4. The molecule has 3 aliphatic heterocycles. The van der Waals surface area contributed by atoms with Crippen molar-refractivity contribution in [3.05, 3.63) is 77.9 Å². The fraction of sp³-hybridized carbons (Fsp3) is 0.425. The van der Waals surface area contributed by atoms with Crippen molar-refractivity contribution in [1.82, 2.24) is 4.90 Å². The molecule has 3 aliphatic rings. The Hall–Kier alpha value is -4.73. The van der Waals surface area contributed by atoms with Crippen molar-refractivity contribution in [2.75, 3.05) is 26.2 Å². The van der Waals surface area contributed by atoms with E-state index in [0.717, 1.165) is 19.6 Å². The number of aliphatic hydroxyl groups excluding tert-OH is 6. The molecule has 0 bridgehead atoms. The Morgan fingerprint density at radius 1 is 0.655 bits per heavy atom. The van der Waals surface area contributed by atoms with Crippen LogP contribution in [0.1, 0.15) is 35.2 Å². The van der Waals surface area contributed by atoms with Gasteiger partial charge in [0, 0.05) is 32.6 Å². The number of hydrogen-bond donors (Lipinski definition) is 8. The number of likely N-dealkylation sites (tertiary alicyclic amines) is 1.